The van der Waals surface area contributed by atoms with Gasteiger partial charge < -0.3 is 19.5 Å². The van der Waals surface area contributed by atoms with Crippen molar-refractivity contribution in [3.05, 3.63) is 24.3 Å². The molecule has 0 saturated carbocycles. The van der Waals surface area contributed by atoms with Crippen molar-refractivity contribution >= 4 is 5.91 Å². The number of aliphatic hydroxyl groups is 1. The molecule has 1 aliphatic rings. The molecule has 1 N–H and O–H groups in total. The highest BCUT2D eigenvalue weighted by Gasteiger charge is 2.29. The maximum atomic E-state index is 12.0. The number of benzene rings is 1. The maximum absolute atomic E-state index is 12.0. The second-order valence-electron chi connectivity index (χ2n) is 5.57. The zero-order chi connectivity index (χ0) is 15.3. The van der Waals surface area contributed by atoms with Crippen molar-refractivity contribution < 1.29 is 19.4 Å². The van der Waals surface area contributed by atoms with E-state index in [9.17, 15) is 9.90 Å². The Hall–Kier alpha value is -1.75. The summed E-state index contributed by atoms with van der Waals surface area (Å²) in [4.78, 5) is 13.8. The second-order valence-corrected chi connectivity index (χ2v) is 5.57. The number of ether oxygens (including phenoxy) is 2. The molecule has 1 heterocycles. The summed E-state index contributed by atoms with van der Waals surface area (Å²) in [6.45, 7) is 5.55. The van der Waals surface area contributed by atoms with Gasteiger partial charge in [0.1, 0.15) is 11.5 Å². The van der Waals surface area contributed by atoms with Gasteiger partial charge in [-0.15, -0.1) is 0 Å². The van der Waals surface area contributed by atoms with Gasteiger partial charge in [-0.1, -0.05) is 0 Å². The molecule has 5 nitrogen and oxygen atoms in total. The largest absolute Gasteiger partial charge is 0.494 e. The van der Waals surface area contributed by atoms with Gasteiger partial charge >= 0.3 is 0 Å². The third-order valence-electron chi connectivity index (χ3n) is 3.69. The molecular weight excluding hydrogens is 270 g/mol. The van der Waals surface area contributed by atoms with Crippen molar-refractivity contribution in [2.45, 2.75) is 32.3 Å². The highest BCUT2D eigenvalue weighted by molar-refractivity contribution is 5.77. The van der Waals surface area contributed by atoms with Gasteiger partial charge in [-0.05, 0) is 51.0 Å². The lowest BCUT2D eigenvalue weighted by Crippen LogP contribution is -2.46. The summed E-state index contributed by atoms with van der Waals surface area (Å²) in [5.41, 5.74) is -0.646. The Labute approximate surface area is 125 Å². The lowest BCUT2D eigenvalue weighted by molar-refractivity contribution is -0.137. The summed E-state index contributed by atoms with van der Waals surface area (Å²) in [6, 6.07) is 7.22. The normalized spacial score (nSPS) is 17.4. The fourth-order valence-electron chi connectivity index (χ4n) is 2.27. The molecule has 0 aliphatic carbocycles. The van der Waals surface area contributed by atoms with Crippen LogP contribution in [-0.2, 0) is 4.79 Å². The summed E-state index contributed by atoms with van der Waals surface area (Å²) in [5, 5.41) is 9.87. The summed E-state index contributed by atoms with van der Waals surface area (Å²) in [6.07, 6.45) is 1.23. The van der Waals surface area contributed by atoms with Gasteiger partial charge in [0.25, 0.3) is 5.91 Å². The topological polar surface area (TPSA) is 59.0 Å². The van der Waals surface area contributed by atoms with Crippen LogP contribution >= 0.6 is 0 Å². The monoisotopic (exact) mass is 293 g/mol. The van der Waals surface area contributed by atoms with Crippen molar-refractivity contribution in [1.82, 2.24) is 4.90 Å². The van der Waals surface area contributed by atoms with Crippen LogP contribution in [0.5, 0.6) is 11.5 Å². The molecule has 116 valence electrons. The Morgan fingerprint density at radius 3 is 2.24 bits per heavy atom. The third-order valence-corrected chi connectivity index (χ3v) is 3.69. The van der Waals surface area contributed by atoms with E-state index in [4.69, 9.17) is 9.47 Å². The van der Waals surface area contributed by atoms with Crippen molar-refractivity contribution in [2.75, 3.05) is 26.3 Å². The molecule has 5 heteroatoms. The van der Waals surface area contributed by atoms with Gasteiger partial charge in [-0.3, -0.25) is 4.79 Å². The summed E-state index contributed by atoms with van der Waals surface area (Å²) < 4.78 is 10.8. The fraction of sp³-hybridized carbons (Fsp3) is 0.562. The van der Waals surface area contributed by atoms with E-state index < -0.39 is 5.60 Å². The molecule has 0 aromatic heterocycles. The Bertz CT molecular complexity index is 460. The first kappa shape index (κ1) is 15.6. The standard InChI is InChI=1S/C16H23NO4/c1-3-20-13-4-6-14(7-5-13)21-12-15(18)17-10-8-16(2,19)9-11-17/h4-7,19H,3,8-12H2,1-2H3. The molecule has 1 saturated heterocycles. The number of nitrogens with zero attached hydrogens (tertiary/aromatic N) is 1. The molecule has 0 unspecified atom stereocenters. The number of carbonyl (C=O) groups excluding carboxylic acids is 1. The lowest BCUT2D eigenvalue weighted by atomic mass is 9.94. The van der Waals surface area contributed by atoms with E-state index in [0.29, 0.717) is 38.3 Å². The third kappa shape index (κ3) is 4.63. The van der Waals surface area contributed by atoms with Crippen LogP contribution in [0, 0.1) is 0 Å². The molecule has 21 heavy (non-hydrogen) atoms. The van der Waals surface area contributed by atoms with Crippen LogP contribution < -0.4 is 9.47 Å². The fourth-order valence-corrected chi connectivity index (χ4v) is 2.27. The minimum absolute atomic E-state index is 0.0239. The summed E-state index contributed by atoms with van der Waals surface area (Å²) in [7, 11) is 0. The minimum atomic E-state index is -0.646. The first-order valence-corrected chi connectivity index (χ1v) is 7.36. The molecular formula is C16H23NO4. The molecule has 0 spiro atoms. The van der Waals surface area contributed by atoms with Gasteiger partial charge in [0.15, 0.2) is 6.61 Å². The van der Waals surface area contributed by atoms with Gasteiger partial charge in [0.05, 0.1) is 12.2 Å². The van der Waals surface area contributed by atoms with E-state index in [1.807, 2.05) is 26.0 Å². The molecule has 1 aromatic rings. The van der Waals surface area contributed by atoms with Crippen molar-refractivity contribution in [1.29, 1.82) is 0 Å². The molecule has 0 atom stereocenters. The minimum Gasteiger partial charge on any atom is -0.494 e. The predicted molar refractivity (Wildman–Crippen MR) is 79.5 cm³/mol. The number of likely N-dealkylation sites (tertiary alicyclic amines) is 1. The average Bonchev–Trinajstić information content (AvgIpc) is 2.46. The van der Waals surface area contributed by atoms with E-state index in [2.05, 4.69) is 0 Å². The second kappa shape index (κ2) is 6.80. The smallest absolute Gasteiger partial charge is 0.260 e. The van der Waals surface area contributed by atoms with Crippen LogP contribution in [0.1, 0.15) is 26.7 Å². The zero-order valence-electron chi connectivity index (χ0n) is 12.7. The van der Waals surface area contributed by atoms with Gasteiger partial charge in [-0.25, -0.2) is 0 Å². The molecule has 0 bridgehead atoms. The summed E-state index contributed by atoms with van der Waals surface area (Å²) in [5.74, 6) is 1.39. The number of hydrogen-bond acceptors (Lipinski definition) is 4. The highest BCUT2D eigenvalue weighted by Crippen LogP contribution is 2.21. The Morgan fingerprint density at radius 1 is 1.19 bits per heavy atom. The van der Waals surface area contributed by atoms with Crippen LogP contribution in [0.2, 0.25) is 0 Å². The predicted octanol–water partition coefficient (Wildman–Crippen LogP) is 1.84. The lowest BCUT2D eigenvalue weighted by Gasteiger charge is -2.35. The van der Waals surface area contributed by atoms with E-state index in [1.165, 1.54) is 0 Å². The Morgan fingerprint density at radius 2 is 1.71 bits per heavy atom. The molecule has 1 aromatic carbocycles. The molecule has 2 rings (SSSR count). The van der Waals surface area contributed by atoms with Crippen molar-refractivity contribution in [3.8, 4) is 11.5 Å². The quantitative estimate of drug-likeness (QED) is 0.900. The SMILES string of the molecule is CCOc1ccc(OCC(=O)N2CCC(C)(O)CC2)cc1. The number of carbonyl (C=O) groups is 1. The van der Waals surface area contributed by atoms with E-state index >= 15 is 0 Å². The van der Waals surface area contributed by atoms with Gasteiger partial charge in [0, 0.05) is 13.1 Å². The molecule has 1 amide bonds. The molecule has 1 fully saturated rings. The average molecular weight is 293 g/mol. The molecule has 1 aliphatic heterocycles. The van der Waals surface area contributed by atoms with Crippen LogP contribution in [-0.4, -0.2) is 47.8 Å². The number of piperidine rings is 1. The van der Waals surface area contributed by atoms with Crippen LogP contribution in [0.15, 0.2) is 24.3 Å². The van der Waals surface area contributed by atoms with Crippen LogP contribution in [0.25, 0.3) is 0 Å². The molecule has 0 radical (unpaired) electrons. The van der Waals surface area contributed by atoms with Crippen molar-refractivity contribution in [3.63, 3.8) is 0 Å². The first-order valence-electron chi connectivity index (χ1n) is 7.36. The Balaban J connectivity index is 1.78. The Kier molecular flexibility index (Phi) is 5.07. The first-order chi connectivity index (χ1) is 10.00. The highest BCUT2D eigenvalue weighted by atomic mass is 16.5. The maximum Gasteiger partial charge on any atom is 0.260 e. The van der Waals surface area contributed by atoms with E-state index in [0.717, 1.165) is 5.75 Å². The van der Waals surface area contributed by atoms with Crippen LogP contribution in [0.3, 0.4) is 0 Å². The number of hydrogen-bond donors (Lipinski definition) is 1. The van der Waals surface area contributed by atoms with Gasteiger partial charge in [-0.2, -0.15) is 0 Å². The van der Waals surface area contributed by atoms with Crippen molar-refractivity contribution in [2.24, 2.45) is 0 Å². The van der Waals surface area contributed by atoms with Gasteiger partial charge in [0.2, 0.25) is 0 Å². The number of rotatable bonds is 5. The van der Waals surface area contributed by atoms with E-state index in [1.54, 1.807) is 17.0 Å². The van der Waals surface area contributed by atoms with E-state index in [-0.39, 0.29) is 12.5 Å². The van der Waals surface area contributed by atoms with Crippen LogP contribution in [0.4, 0.5) is 0 Å². The summed E-state index contributed by atoms with van der Waals surface area (Å²) >= 11 is 0. The zero-order valence-corrected chi connectivity index (χ0v) is 12.7. The number of amides is 1.